The molecule has 5 atom stereocenters. The molecule has 2 N–H and O–H groups in total. The van der Waals surface area contributed by atoms with E-state index in [0.717, 1.165) is 50.1 Å². The van der Waals surface area contributed by atoms with Crippen molar-refractivity contribution < 1.29 is 24.5 Å². The number of aliphatic hydroxyl groups is 1. The first-order valence-corrected chi connectivity index (χ1v) is 10.2. The SMILES string of the molecule is O=C1CC[C@@]2(O)[C@H]3Cc4ccc(O)c5c4[C@@]2(CCN3CC2CCCO2)[C@H]1O5. The Morgan fingerprint density at radius 3 is 3.00 bits per heavy atom. The van der Waals surface area contributed by atoms with E-state index in [2.05, 4.69) is 4.90 Å². The number of nitrogens with zero attached hydrogens (tertiary/aromatic N) is 1. The van der Waals surface area contributed by atoms with Gasteiger partial charge in [-0.2, -0.15) is 0 Å². The van der Waals surface area contributed by atoms with E-state index in [9.17, 15) is 15.0 Å². The second-order valence-electron chi connectivity index (χ2n) is 8.91. The van der Waals surface area contributed by atoms with Crippen molar-refractivity contribution in [3.63, 3.8) is 0 Å². The highest BCUT2D eigenvalue weighted by Crippen LogP contribution is 2.64. The fraction of sp³-hybridized carbons (Fsp3) is 0.667. The molecule has 6 heteroatoms. The van der Waals surface area contributed by atoms with Crippen LogP contribution in [0.3, 0.4) is 0 Å². The largest absolute Gasteiger partial charge is 0.504 e. The summed E-state index contributed by atoms with van der Waals surface area (Å²) < 4.78 is 11.9. The van der Waals surface area contributed by atoms with Crippen LogP contribution in [0.5, 0.6) is 11.5 Å². The van der Waals surface area contributed by atoms with Gasteiger partial charge in [-0.25, -0.2) is 0 Å². The van der Waals surface area contributed by atoms with Crippen LogP contribution in [0.1, 0.15) is 43.2 Å². The van der Waals surface area contributed by atoms with Gasteiger partial charge in [0.05, 0.1) is 17.1 Å². The van der Waals surface area contributed by atoms with Crippen molar-refractivity contribution in [3.8, 4) is 11.5 Å². The fourth-order valence-electron chi connectivity index (χ4n) is 6.68. The van der Waals surface area contributed by atoms with Crippen molar-refractivity contribution in [3.05, 3.63) is 23.3 Å². The minimum absolute atomic E-state index is 0.0438. The summed E-state index contributed by atoms with van der Waals surface area (Å²) in [6.07, 6.45) is 3.93. The molecule has 1 aromatic carbocycles. The molecule has 27 heavy (non-hydrogen) atoms. The first-order valence-electron chi connectivity index (χ1n) is 10.2. The molecule has 1 unspecified atom stereocenters. The molecule has 1 saturated carbocycles. The average molecular weight is 371 g/mol. The van der Waals surface area contributed by atoms with E-state index >= 15 is 0 Å². The maximum atomic E-state index is 12.8. The van der Waals surface area contributed by atoms with Gasteiger partial charge in [0.2, 0.25) is 0 Å². The lowest BCUT2D eigenvalue weighted by Crippen LogP contribution is -2.76. The molecular formula is C21H25NO5. The Hall–Kier alpha value is -1.63. The summed E-state index contributed by atoms with van der Waals surface area (Å²) >= 11 is 0. The number of carbonyl (C=O) groups excluding carboxylic acids is 1. The zero-order chi connectivity index (χ0) is 18.4. The summed E-state index contributed by atoms with van der Waals surface area (Å²) in [5.74, 6) is 0.555. The van der Waals surface area contributed by atoms with Gasteiger partial charge in [-0.15, -0.1) is 0 Å². The topological polar surface area (TPSA) is 79.2 Å². The first-order chi connectivity index (χ1) is 13.0. The summed E-state index contributed by atoms with van der Waals surface area (Å²) in [7, 11) is 0. The number of ether oxygens (including phenoxy) is 2. The number of aromatic hydroxyl groups is 1. The number of rotatable bonds is 2. The highest BCUT2D eigenvalue weighted by Gasteiger charge is 2.73. The minimum Gasteiger partial charge on any atom is -0.504 e. The average Bonchev–Trinajstić information content (AvgIpc) is 3.27. The Morgan fingerprint density at radius 2 is 2.19 bits per heavy atom. The van der Waals surface area contributed by atoms with Crippen LogP contribution >= 0.6 is 0 Å². The zero-order valence-corrected chi connectivity index (χ0v) is 15.3. The molecule has 6 nitrogen and oxygen atoms in total. The van der Waals surface area contributed by atoms with Crippen LogP contribution in [0.15, 0.2) is 12.1 Å². The smallest absolute Gasteiger partial charge is 0.174 e. The van der Waals surface area contributed by atoms with Crippen LogP contribution < -0.4 is 4.74 Å². The van der Waals surface area contributed by atoms with Crippen molar-refractivity contribution in [2.24, 2.45) is 0 Å². The molecule has 2 saturated heterocycles. The molecule has 0 amide bonds. The van der Waals surface area contributed by atoms with Crippen molar-refractivity contribution in [1.29, 1.82) is 0 Å². The van der Waals surface area contributed by atoms with E-state index in [-0.39, 0.29) is 23.7 Å². The molecular weight excluding hydrogens is 346 g/mol. The molecule has 2 aliphatic carbocycles. The van der Waals surface area contributed by atoms with Crippen LogP contribution in [0.2, 0.25) is 0 Å². The van der Waals surface area contributed by atoms with Crippen LogP contribution in [-0.2, 0) is 21.4 Å². The Labute approximate surface area is 158 Å². The molecule has 3 aliphatic heterocycles. The predicted octanol–water partition coefficient (Wildman–Crippen LogP) is 1.29. The molecule has 1 aromatic rings. The van der Waals surface area contributed by atoms with Crippen LogP contribution in [0, 0.1) is 0 Å². The fourth-order valence-corrected chi connectivity index (χ4v) is 6.68. The second kappa shape index (κ2) is 5.25. The summed E-state index contributed by atoms with van der Waals surface area (Å²) in [5, 5.41) is 22.4. The number of ketones is 1. The highest BCUT2D eigenvalue weighted by atomic mass is 16.5. The molecule has 144 valence electrons. The van der Waals surface area contributed by atoms with Gasteiger partial charge in [-0.1, -0.05) is 6.07 Å². The summed E-state index contributed by atoms with van der Waals surface area (Å²) in [6.45, 7) is 2.48. The van der Waals surface area contributed by atoms with Crippen molar-refractivity contribution in [1.82, 2.24) is 4.90 Å². The number of piperidine rings is 1. The maximum Gasteiger partial charge on any atom is 0.174 e. The third-order valence-corrected chi connectivity index (χ3v) is 7.83. The monoisotopic (exact) mass is 371 g/mol. The van der Waals surface area contributed by atoms with Crippen molar-refractivity contribution in [2.75, 3.05) is 19.7 Å². The van der Waals surface area contributed by atoms with E-state index in [4.69, 9.17) is 9.47 Å². The molecule has 0 radical (unpaired) electrons. The predicted molar refractivity (Wildman–Crippen MR) is 96.0 cm³/mol. The zero-order valence-electron chi connectivity index (χ0n) is 15.3. The standard InChI is InChI=1S/C21H25NO5/c23-14-4-3-12-10-16-21(25)6-5-15(24)19-20(21,17(12)18(14)27-19)7-8-22(16)11-13-2-1-9-26-13/h3-4,13,16,19,23,25H,1-2,5-11H2/t13?,16-,19+,20+,21-/m1/s1. The van der Waals surface area contributed by atoms with Gasteiger partial charge >= 0.3 is 0 Å². The lowest BCUT2D eigenvalue weighted by molar-refractivity contribution is -0.191. The number of likely N-dealkylation sites (tertiary alicyclic amines) is 1. The van der Waals surface area contributed by atoms with Crippen LogP contribution in [0.4, 0.5) is 0 Å². The summed E-state index contributed by atoms with van der Waals surface area (Å²) in [4.78, 5) is 15.2. The molecule has 3 heterocycles. The van der Waals surface area contributed by atoms with Crippen LogP contribution in [-0.4, -0.2) is 64.4 Å². The van der Waals surface area contributed by atoms with Crippen molar-refractivity contribution in [2.45, 2.75) is 67.8 Å². The van der Waals surface area contributed by atoms with Gasteiger partial charge in [0, 0.05) is 31.2 Å². The minimum atomic E-state index is -1.01. The number of phenols is 1. The first kappa shape index (κ1) is 16.3. The number of Topliss-reactive ketones (excluding diaryl/α,β-unsaturated/α-hetero) is 1. The Kier molecular flexibility index (Phi) is 3.17. The second-order valence-corrected chi connectivity index (χ2v) is 8.91. The molecule has 6 rings (SSSR count). The van der Waals surface area contributed by atoms with Gasteiger partial charge in [0.15, 0.2) is 23.4 Å². The lowest BCUT2D eigenvalue weighted by Gasteiger charge is -2.62. The summed E-state index contributed by atoms with van der Waals surface area (Å²) in [6, 6.07) is 3.57. The lowest BCUT2D eigenvalue weighted by atomic mass is 9.49. The van der Waals surface area contributed by atoms with Crippen molar-refractivity contribution >= 4 is 5.78 Å². The molecule has 5 aliphatic rings. The van der Waals surface area contributed by atoms with Gasteiger partial charge in [0.25, 0.3) is 0 Å². The quantitative estimate of drug-likeness (QED) is 0.816. The van der Waals surface area contributed by atoms with Gasteiger partial charge in [0.1, 0.15) is 0 Å². The number of hydrogen-bond acceptors (Lipinski definition) is 6. The Bertz CT molecular complexity index is 834. The highest BCUT2D eigenvalue weighted by molar-refractivity contribution is 5.90. The maximum absolute atomic E-state index is 12.8. The van der Waals surface area contributed by atoms with E-state index in [1.165, 1.54) is 0 Å². The van der Waals surface area contributed by atoms with Gasteiger partial charge in [-0.05, 0) is 50.3 Å². The molecule has 3 fully saturated rings. The summed E-state index contributed by atoms with van der Waals surface area (Å²) in [5.41, 5.74) is 0.277. The number of carbonyl (C=O) groups is 1. The Balaban J connectivity index is 1.50. The van der Waals surface area contributed by atoms with E-state index in [0.29, 0.717) is 25.0 Å². The number of benzene rings is 1. The van der Waals surface area contributed by atoms with Gasteiger partial charge < -0.3 is 19.7 Å². The molecule has 2 bridgehead atoms. The van der Waals surface area contributed by atoms with E-state index < -0.39 is 17.1 Å². The number of phenolic OH excluding ortho intramolecular Hbond substituents is 1. The Morgan fingerprint density at radius 1 is 1.30 bits per heavy atom. The van der Waals surface area contributed by atoms with Gasteiger partial charge in [-0.3, -0.25) is 9.69 Å². The van der Waals surface area contributed by atoms with E-state index in [1.54, 1.807) is 6.07 Å². The third-order valence-electron chi connectivity index (χ3n) is 7.83. The normalized spacial score (nSPS) is 42.1. The number of hydrogen-bond donors (Lipinski definition) is 2. The van der Waals surface area contributed by atoms with E-state index in [1.807, 2.05) is 6.07 Å². The molecule has 0 aromatic heterocycles. The third kappa shape index (κ3) is 1.84. The molecule has 1 spiro atoms. The van der Waals surface area contributed by atoms with Crippen LogP contribution in [0.25, 0.3) is 0 Å².